The Hall–Kier alpha value is -2.95. The molecular weight excluding hydrogens is 390 g/mol. The van der Waals surface area contributed by atoms with Crippen LogP contribution in [0.3, 0.4) is 0 Å². The molecule has 2 aromatic carbocycles. The maximum atomic E-state index is 12.3. The van der Waals surface area contributed by atoms with Crippen LogP contribution in [0.15, 0.2) is 52.6 Å². The van der Waals surface area contributed by atoms with Crippen molar-refractivity contribution in [3.63, 3.8) is 0 Å². The van der Waals surface area contributed by atoms with E-state index >= 15 is 0 Å². The van der Waals surface area contributed by atoms with Crippen molar-refractivity contribution in [1.29, 1.82) is 0 Å². The van der Waals surface area contributed by atoms with E-state index in [9.17, 15) is 22.6 Å². The molecule has 0 saturated heterocycles. The molecule has 28 heavy (non-hydrogen) atoms. The standard InChI is InChI=1S/C18H17NO8S/c1-25-17(20)15-9-27-10-19(16(15)18(21)26-2)13-5-3-12-8-14(28(22,23)24)6-4-11(12)7-13/h3-8H,9-10H2,1-2H3,(H,22,23,24). The third kappa shape index (κ3) is 3.70. The van der Waals surface area contributed by atoms with E-state index in [0.717, 1.165) is 0 Å². The van der Waals surface area contributed by atoms with Gasteiger partial charge in [0.05, 0.1) is 31.3 Å². The maximum absolute atomic E-state index is 12.3. The Morgan fingerprint density at radius 2 is 1.68 bits per heavy atom. The molecule has 10 heteroatoms. The summed E-state index contributed by atoms with van der Waals surface area (Å²) in [5, 5.41) is 1.22. The van der Waals surface area contributed by atoms with Gasteiger partial charge in [-0.1, -0.05) is 12.1 Å². The Kier molecular flexibility index (Phi) is 5.36. The number of carbonyl (C=O) groups is 2. The molecule has 1 heterocycles. The smallest absolute Gasteiger partial charge is 0.355 e. The number of anilines is 1. The van der Waals surface area contributed by atoms with Gasteiger partial charge in [-0.05, 0) is 35.0 Å². The average Bonchev–Trinajstić information content (AvgIpc) is 2.70. The highest BCUT2D eigenvalue weighted by atomic mass is 32.2. The maximum Gasteiger partial charge on any atom is 0.355 e. The molecule has 0 bridgehead atoms. The van der Waals surface area contributed by atoms with Gasteiger partial charge in [0.2, 0.25) is 0 Å². The molecule has 0 saturated carbocycles. The molecule has 0 aromatic heterocycles. The van der Waals surface area contributed by atoms with E-state index in [1.54, 1.807) is 18.2 Å². The van der Waals surface area contributed by atoms with Crippen molar-refractivity contribution in [3.05, 3.63) is 47.7 Å². The summed E-state index contributed by atoms with van der Waals surface area (Å²) in [4.78, 5) is 25.6. The van der Waals surface area contributed by atoms with Crippen molar-refractivity contribution in [3.8, 4) is 0 Å². The summed E-state index contributed by atoms with van der Waals surface area (Å²) >= 11 is 0. The number of ether oxygens (including phenoxy) is 3. The molecule has 2 aromatic rings. The number of benzene rings is 2. The molecule has 1 aliphatic rings. The van der Waals surface area contributed by atoms with Gasteiger partial charge in [-0.25, -0.2) is 9.59 Å². The fourth-order valence-corrected chi connectivity index (χ4v) is 3.40. The Bertz CT molecular complexity index is 1090. The minimum Gasteiger partial charge on any atom is -0.466 e. The van der Waals surface area contributed by atoms with Crippen LogP contribution in [0.1, 0.15) is 0 Å². The topological polar surface area (TPSA) is 119 Å². The largest absolute Gasteiger partial charge is 0.466 e. The zero-order valence-corrected chi connectivity index (χ0v) is 15.9. The number of hydrogen-bond acceptors (Lipinski definition) is 8. The summed E-state index contributed by atoms with van der Waals surface area (Å²) in [5.41, 5.74) is 0.561. The highest BCUT2D eigenvalue weighted by Gasteiger charge is 2.32. The lowest BCUT2D eigenvalue weighted by atomic mass is 10.1. The van der Waals surface area contributed by atoms with Crippen LogP contribution in [0.25, 0.3) is 10.8 Å². The van der Waals surface area contributed by atoms with Crippen molar-refractivity contribution in [1.82, 2.24) is 0 Å². The number of methoxy groups -OCH3 is 2. The van der Waals surface area contributed by atoms with Crippen LogP contribution in [0.4, 0.5) is 5.69 Å². The molecule has 1 aliphatic heterocycles. The van der Waals surface area contributed by atoms with Gasteiger partial charge in [0.15, 0.2) is 0 Å². The van der Waals surface area contributed by atoms with E-state index in [1.165, 1.54) is 37.3 Å². The van der Waals surface area contributed by atoms with Crippen LogP contribution < -0.4 is 4.90 Å². The SMILES string of the molecule is COC(=O)C1=C(C(=O)OC)N(c2ccc3cc(S(=O)(=O)O)ccc3c2)COC1. The summed E-state index contributed by atoms with van der Waals surface area (Å²) in [6.07, 6.45) is 0. The highest BCUT2D eigenvalue weighted by Crippen LogP contribution is 2.30. The van der Waals surface area contributed by atoms with Crippen LogP contribution in [-0.4, -0.2) is 52.5 Å². The molecule has 0 radical (unpaired) electrons. The first-order valence-corrected chi connectivity index (χ1v) is 9.46. The molecule has 0 aliphatic carbocycles. The minimum absolute atomic E-state index is 0.000459. The van der Waals surface area contributed by atoms with E-state index in [0.29, 0.717) is 16.5 Å². The molecule has 0 unspecified atom stereocenters. The second kappa shape index (κ2) is 7.58. The molecule has 3 rings (SSSR count). The molecule has 0 atom stereocenters. The van der Waals surface area contributed by atoms with Crippen LogP contribution in [0.2, 0.25) is 0 Å². The van der Waals surface area contributed by atoms with E-state index in [1.807, 2.05) is 0 Å². The fraction of sp³-hybridized carbons (Fsp3) is 0.222. The van der Waals surface area contributed by atoms with Gasteiger partial charge in [0.25, 0.3) is 10.1 Å². The number of hydrogen-bond donors (Lipinski definition) is 1. The molecule has 0 amide bonds. The van der Waals surface area contributed by atoms with Crippen molar-refractivity contribution in [2.24, 2.45) is 0 Å². The van der Waals surface area contributed by atoms with Crippen molar-refractivity contribution in [2.45, 2.75) is 4.90 Å². The van der Waals surface area contributed by atoms with Crippen molar-refractivity contribution in [2.75, 3.05) is 32.5 Å². The second-order valence-corrected chi connectivity index (χ2v) is 7.31. The van der Waals surface area contributed by atoms with Crippen LogP contribution in [-0.2, 0) is 33.9 Å². The minimum atomic E-state index is -4.32. The van der Waals surface area contributed by atoms with Gasteiger partial charge in [-0.2, -0.15) is 8.42 Å². The molecule has 0 spiro atoms. The molecule has 0 fully saturated rings. The lowest BCUT2D eigenvalue weighted by Crippen LogP contribution is -2.38. The zero-order valence-electron chi connectivity index (χ0n) is 15.0. The van der Waals surface area contributed by atoms with E-state index in [-0.39, 0.29) is 29.5 Å². The van der Waals surface area contributed by atoms with Gasteiger partial charge in [0, 0.05) is 5.69 Å². The van der Waals surface area contributed by atoms with E-state index in [2.05, 4.69) is 0 Å². The van der Waals surface area contributed by atoms with Gasteiger partial charge in [0.1, 0.15) is 12.4 Å². The Labute approximate surface area is 160 Å². The Morgan fingerprint density at radius 1 is 1.04 bits per heavy atom. The summed E-state index contributed by atoms with van der Waals surface area (Å²) in [5.74, 6) is -1.42. The van der Waals surface area contributed by atoms with Gasteiger partial charge in [-0.3, -0.25) is 4.55 Å². The number of fused-ring (bicyclic) bond motifs is 1. The number of nitrogens with zero attached hydrogens (tertiary/aromatic N) is 1. The fourth-order valence-electron chi connectivity index (χ4n) is 2.89. The van der Waals surface area contributed by atoms with Crippen LogP contribution in [0.5, 0.6) is 0 Å². The van der Waals surface area contributed by atoms with Crippen LogP contribution in [0, 0.1) is 0 Å². The monoisotopic (exact) mass is 407 g/mol. The summed E-state index contributed by atoms with van der Waals surface area (Å²) in [7, 11) is -1.91. The molecular formula is C18H17NO8S. The first kappa shape index (κ1) is 19.8. The number of esters is 2. The van der Waals surface area contributed by atoms with E-state index < -0.39 is 22.1 Å². The lowest BCUT2D eigenvalue weighted by Gasteiger charge is -2.31. The van der Waals surface area contributed by atoms with Gasteiger partial charge >= 0.3 is 11.9 Å². The second-order valence-electron chi connectivity index (χ2n) is 5.88. The predicted molar refractivity (Wildman–Crippen MR) is 98.1 cm³/mol. The summed E-state index contributed by atoms with van der Waals surface area (Å²) in [6, 6.07) is 9.07. The van der Waals surface area contributed by atoms with Crippen molar-refractivity contribution >= 4 is 38.5 Å². The van der Waals surface area contributed by atoms with Crippen molar-refractivity contribution < 1.29 is 36.8 Å². The average molecular weight is 407 g/mol. The van der Waals surface area contributed by atoms with Gasteiger partial charge < -0.3 is 19.1 Å². The first-order chi connectivity index (χ1) is 13.3. The lowest BCUT2D eigenvalue weighted by molar-refractivity contribution is -0.140. The third-order valence-corrected chi connectivity index (χ3v) is 5.09. The molecule has 148 valence electrons. The van der Waals surface area contributed by atoms with Crippen LogP contribution >= 0.6 is 0 Å². The Morgan fingerprint density at radius 3 is 2.32 bits per heavy atom. The normalized spacial score (nSPS) is 14.9. The highest BCUT2D eigenvalue weighted by molar-refractivity contribution is 7.85. The first-order valence-electron chi connectivity index (χ1n) is 8.02. The van der Waals surface area contributed by atoms with E-state index in [4.69, 9.17) is 14.2 Å². The third-order valence-electron chi connectivity index (χ3n) is 4.24. The molecule has 1 N–H and O–H groups in total. The quantitative estimate of drug-likeness (QED) is 0.593. The van der Waals surface area contributed by atoms with Gasteiger partial charge in [-0.15, -0.1) is 0 Å². The number of rotatable bonds is 4. The predicted octanol–water partition coefficient (Wildman–Crippen LogP) is 1.48. The number of carbonyl (C=O) groups excluding carboxylic acids is 2. The summed E-state index contributed by atoms with van der Waals surface area (Å²) in [6.45, 7) is -0.0988. The zero-order chi connectivity index (χ0) is 20.5. The Balaban J connectivity index is 2.11. The summed E-state index contributed by atoms with van der Waals surface area (Å²) < 4.78 is 46.7. The molecule has 9 nitrogen and oxygen atoms in total.